The van der Waals surface area contributed by atoms with Crippen molar-refractivity contribution in [3.63, 3.8) is 0 Å². The van der Waals surface area contributed by atoms with Crippen LogP contribution in [0, 0.1) is 0 Å². The maximum absolute atomic E-state index is 8.60. The Morgan fingerprint density at radius 3 is 2.48 bits per heavy atom. The van der Waals surface area contributed by atoms with E-state index in [1.54, 1.807) is 12.4 Å². The van der Waals surface area contributed by atoms with E-state index >= 15 is 0 Å². The van der Waals surface area contributed by atoms with Gasteiger partial charge >= 0.3 is 0 Å². The minimum atomic E-state index is -2.19. The minimum Gasteiger partial charge on any atom is -0.339 e. The predicted molar refractivity (Wildman–Crippen MR) is 109 cm³/mol. The average Bonchev–Trinajstić information content (AvgIpc) is 3.12. The van der Waals surface area contributed by atoms with Crippen LogP contribution in [0.15, 0.2) is 79.2 Å². The fraction of sp³-hybridized carbons (Fsp3) is 0.217. The van der Waals surface area contributed by atoms with Crippen molar-refractivity contribution in [2.24, 2.45) is 14.1 Å². The van der Waals surface area contributed by atoms with Crippen molar-refractivity contribution in [3.8, 4) is 22.5 Å². The number of anilines is 1. The number of rotatable bonds is 3. The molecule has 136 valence electrons. The summed E-state index contributed by atoms with van der Waals surface area (Å²) in [5.41, 5.74) is 3.71. The van der Waals surface area contributed by atoms with Crippen molar-refractivity contribution in [2.45, 2.75) is 13.1 Å². The van der Waals surface area contributed by atoms with E-state index in [9.17, 15) is 0 Å². The molecule has 1 aliphatic rings. The van der Waals surface area contributed by atoms with E-state index in [2.05, 4.69) is 0 Å². The fourth-order valence-electron chi connectivity index (χ4n) is 3.46. The number of nitrogens with zero attached hydrogens (tertiary/aromatic N) is 4. The maximum Gasteiger partial charge on any atom is 0.283 e. The number of pyridine rings is 2. The Labute approximate surface area is 166 Å². The molecule has 2 aromatic heterocycles. The number of aryl methyl sites for hydroxylation is 1. The van der Waals surface area contributed by atoms with E-state index < -0.39 is 6.98 Å². The van der Waals surface area contributed by atoms with Gasteiger partial charge in [0.05, 0.1) is 8.42 Å². The lowest BCUT2D eigenvalue weighted by molar-refractivity contribution is -0.684. The summed E-state index contributed by atoms with van der Waals surface area (Å²) in [6, 6.07) is 18.2. The molecule has 0 aliphatic carbocycles. The van der Waals surface area contributed by atoms with Gasteiger partial charge in [0.25, 0.3) is 11.5 Å². The fourth-order valence-corrected chi connectivity index (χ4v) is 3.46. The van der Waals surface area contributed by atoms with E-state index in [4.69, 9.17) is 5.48 Å². The lowest BCUT2D eigenvalue weighted by atomic mass is 10.1. The summed E-state index contributed by atoms with van der Waals surface area (Å²) in [7, 11) is 3.93. The largest absolute Gasteiger partial charge is 0.339 e. The van der Waals surface area contributed by atoms with Crippen LogP contribution in [0.1, 0.15) is 12.4 Å². The van der Waals surface area contributed by atoms with E-state index in [1.807, 2.05) is 95.8 Å². The molecule has 0 bridgehead atoms. The Morgan fingerprint density at radius 2 is 1.74 bits per heavy atom. The molecule has 0 unspecified atom stereocenters. The van der Waals surface area contributed by atoms with Crippen molar-refractivity contribution >= 4 is 5.82 Å². The number of benzene rings is 1. The summed E-state index contributed by atoms with van der Waals surface area (Å²) in [4.78, 5) is 3.31. The third-order valence-electron chi connectivity index (χ3n) is 5.08. The summed E-state index contributed by atoms with van der Waals surface area (Å²) < 4.78 is 35.9. The quantitative estimate of drug-likeness (QED) is 0.664. The highest BCUT2D eigenvalue weighted by atomic mass is 15.4. The molecule has 0 saturated heterocycles. The third-order valence-corrected chi connectivity index (χ3v) is 5.08. The molecule has 0 N–H and O–H groups in total. The van der Waals surface area contributed by atoms with Gasteiger partial charge in [-0.05, 0) is 30.7 Å². The second kappa shape index (κ2) is 6.88. The van der Waals surface area contributed by atoms with Gasteiger partial charge in [-0.1, -0.05) is 30.3 Å². The highest BCUT2D eigenvalue weighted by Gasteiger charge is 2.31. The van der Waals surface area contributed by atoms with Crippen molar-refractivity contribution in [3.05, 3.63) is 79.2 Å². The van der Waals surface area contributed by atoms with Gasteiger partial charge in [0.15, 0.2) is 18.1 Å². The first-order chi connectivity index (χ1) is 14.7. The van der Waals surface area contributed by atoms with Crippen LogP contribution in [0.25, 0.3) is 22.5 Å². The topological polar surface area (TPSA) is 14.2 Å². The molecular formula is C23H26N4+2. The molecule has 4 heteroatoms. The van der Waals surface area contributed by atoms with Gasteiger partial charge < -0.3 is 4.90 Å². The SMILES string of the molecule is [2H]c1cc(-c2cccc(N3C=CN(C([2H])([2H])[2H])[C@@H]3C)[n+]2C)[n+](C)cc1-c1ccccc1. The number of aromatic nitrogens is 2. The Kier molecular flexibility index (Phi) is 3.33. The first-order valence-corrected chi connectivity index (χ1v) is 8.98. The zero-order valence-corrected chi connectivity index (χ0v) is 15.8. The summed E-state index contributed by atoms with van der Waals surface area (Å²) >= 11 is 0. The maximum atomic E-state index is 8.60. The lowest BCUT2D eigenvalue weighted by Gasteiger charge is -2.21. The van der Waals surface area contributed by atoms with E-state index in [0.29, 0.717) is 6.04 Å². The van der Waals surface area contributed by atoms with Crippen molar-refractivity contribution in [1.82, 2.24) is 4.90 Å². The van der Waals surface area contributed by atoms with Crippen molar-refractivity contribution < 1.29 is 14.6 Å². The normalized spacial score (nSPS) is 18.9. The Hall–Kier alpha value is -3.14. The zero-order chi connectivity index (χ0) is 22.3. The van der Waals surface area contributed by atoms with Crippen LogP contribution in [0.2, 0.25) is 0 Å². The Morgan fingerprint density at radius 1 is 0.926 bits per heavy atom. The van der Waals surface area contributed by atoms with Crippen molar-refractivity contribution in [2.75, 3.05) is 11.9 Å². The molecule has 27 heavy (non-hydrogen) atoms. The zero-order valence-electron chi connectivity index (χ0n) is 19.8. The van der Waals surface area contributed by atoms with Gasteiger partial charge in [-0.25, -0.2) is 9.47 Å². The summed E-state index contributed by atoms with van der Waals surface area (Å²) in [6.07, 6.45) is 5.05. The highest BCUT2D eigenvalue weighted by molar-refractivity contribution is 5.63. The van der Waals surface area contributed by atoms with Crippen LogP contribution in [0.4, 0.5) is 5.82 Å². The van der Waals surface area contributed by atoms with E-state index in [0.717, 1.165) is 28.3 Å². The smallest absolute Gasteiger partial charge is 0.283 e. The highest BCUT2D eigenvalue weighted by Crippen LogP contribution is 2.23. The molecule has 1 aromatic carbocycles. The Balaban J connectivity index is 1.74. The molecule has 0 amide bonds. The van der Waals surface area contributed by atoms with E-state index in [1.165, 1.54) is 4.90 Å². The molecule has 0 saturated carbocycles. The van der Waals surface area contributed by atoms with Crippen LogP contribution < -0.4 is 14.0 Å². The Bertz CT molecular complexity index is 1140. The number of hydrogen-bond donors (Lipinski definition) is 0. The molecule has 1 atom stereocenters. The summed E-state index contributed by atoms with van der Waals surface area (Å²) in [6.45, 7) is -0.323. The van der Waals surface area contributed by atoms with Gasteiger partial charge in [0, 0.05) is 35.0 Å². The molecule has 0 radical (unpaired) electrons. The molecule has 0 spiro atoms. The van der Waals surface area contributed by atoms with Crippen LogP contribution >= 0.6 is 0 Å². The molecule has 0 fully saturated rings. The molecule has 1 aliphatic heterocycles. The van der Waals surface area contributed by atoms with Gasteiger partial charge in [-0.2, -0.15) is 4.57 Å². The average molecular weight is 363 g/mol. The molecule has 3 heterocycles. The molecule has 4 rings (SSSR count). The second-order valence-electron chi connectivity index (χ2n) is 6.77. The first-order valence-electron chi connectivity index (χ1n) is 11.0. The van der Waals surface area contributed by atoms with E-state index in [-0.39, 0.29) is 6.17 Å². The number of hydrogen-bond acceptors (Lipinski definition) is 2. The molecule has 4 nitrogen and oxygen atoms in total. The van der Waals surface area contributed by atoms with Crippen LogP contribution in [-0.2, 0) is 14.1 Å². The van der Waals surface area contributed by atoms with Crippen molar-refractivity contribution in [1.29, 1.82) is 0 Å². The van der Waals surface area contributed by atoms with Gasteiger partial charge in [0.1, 0.15) is 13.2 Å². The van der Waals surface area contributed by atoms with Gasteiger partial charge in [0.2, 0.25) is 0 Å². The third kappa shape index (κ3) is 3.08. The second-order valence-corrected chi connectivity index (χ2v) is 6.77. The first kappa shape index (κ1) is 13.1. The summed E-state index contributed by atoms with van der Waals surface area (Å²) in [5.74, 6) is 0.867. The minimum absolute atomic E-state index is 0.338. The summed E-state index contributed by atoms with van der Waals surface area (Å²) in [5, 5.41) is 0. The van der Waals surface area contributed by atoms with Crippen LogP contribution in [0.3, 0.4) is 0 Å². The lowest BCUT2D eigenvalue weighted by Crippen LogP contribution is -2.45. The predicted octanol–water partition coefficient (Wildman–Crippen LogP) is 3.24. The van der Waals surface area contributed by atoms with Gasteiger partial charge in [-0.3, -0.25) is 0 Å². The van der Waals surface area contributed by atoms with Crippen LogP contribution in [-0.4, -0.2) is 18.0 Å². The van der Waals surface area contributed by atoms with Crippen LogP contribution in [0.5, 0.6) is 0 Å². The van der Waals surface area contributed by atoms with Gasteiger partial charge in [-0.15, -0.1) is 0 Å². The monoisotopic (exact) mass is 362 g/mol. The molecular weight excluding hydrogens is 332 g/mol. The molecule has 3 aromatic rings. The standard InChI is InChI=1S/C23H26N4/c1-18-24(2)15-16-27(18)23-12-8-11-22(26(23)4)21-14-13-20(17-25(21)3)19-9-6-5-7-10-19/h5-18H,1-4H3/q+2/t18-/m0/s1/i2D3,13D.